The molecule has 3 aliphatic rings. The zero-order valence-corrected chi connectivity index (χ0v) is 14.1. The molecule has 2 aliphatic carbocycles. The van der Waals surface area contributed by atoms with Gasteiger partial charge in [-0.3, -0.25) is 19.3 Å². The van der Waals surface area contributed by atoms with Gasteiger partial charge in [-0.05, 0) is 43.2 Å². The number of likely N-dealkylation sites (tertiary alicyclic amines) is 1. The lowest BCUT2D eigenvalue weighted by Crippen LogP contribution is -2.42. The van der Waals surface area contributed by atoms with Gasteiger partial charge >= 0.3 is 0 Å². The average molecular weight is 338 g/mol. The molecule has 0 radical (unpaired) electrons. The third-order valence-electron chi connectivity index (χ3n) is 5.61. The van der Waals surface area contributed by atoms with Crippen LogP contribution in [0.3, 0.4) is 0 Å². The molecule has 1 aliphatic heterocycles. The second-order valence-corrected chi connectivity index (χ2v) is 7.13. The molecule has 1 heterocycles. The van der Waals surface area contributed by atoms with Crippen LogP contribution in [0.2, 0.25) is 0 Å². The maximum atomic E-state index is 12.5. The SMILES string of the molecule is O=C(CN1C(=O)[C@H]2CC=CC[C@H]2C1=O)N[C@@H]1CCCc2ccccc21. The minimum absolute atomic E-state index is 0.0331. The van der Waals surface area contributed by atoms with Gasteiger partial charge in [0, 0.05) is 0 Å². The summed E-state index contributed by atoms with van der Waals surface area (Å²) in [7, 11) is 0. The molecule has 1 N–H and O–H groups in total. The van der Waals surface area contributed by atoms with Gasteiger partial charge in [0.25, 0.3) is 0 Å². The number of benzene rings is 1. The van der Waals surface area contributed by atoms with Gasteiger partial charge < -0.3 is 5.32 Å². The van der Waals surface area contributed by atoms with E-state index < -0.39 is 0 Å². The first-order valence-corrected chi connectivity index (χ1v) is 9.02. The third kappa shape index (κ3) is 2.88. The quantitative estimate of drug-likeness (QED) is 0.678. The molecule has 5 heteroatoms. The maximum Gasteiger partial charge on any atom is 0.240 e. The number of carbonyl (C=O) groups is 3. The summed E-state index contributed by atoms with van der Waals surface area (Å²) in [5.74, 6) is -1.20. The van der Waals surface area contributed by atoms with E-state index in [4.69, 9.17) is 0 Å². The van der Waals surface area contributed by atoms with Crippen molar-refractivity contribution in [2.75, 3.05) is 6.54 Å². The van der Waals surface area contributed by atoms with Crippen molar-refractivity contribution in [3.8, 4) is 0 Å². The Labute approximate surface area is 147 Å². The van der Waals surface area contributed by atoms with Gasteiger partial charge in [0.1, 0.15) is 6.54 Å². The number of nitrogens with one attached hydrogen (secondary N) is 1. The highest BCUT2D eigenvalue weighted by Crippen LogP contribution is 2.35. The monoisotopic (exact) mass is 338 g/mol. The van der Waals surface area contributed by atoms with Gasteiger partial charge in [0.2, 0.25) is 17.7 Å². The highest BCUT2D eigenvalue weighted by molar-refractivity contribution is 6.07. The summed E-state index contributed by atoms with van der Waals surface area (Å²) in [6.45, 7) is -0.163. The molecular formula is C20H22N2O3. The number of hydrogen-bond donors (Lipinski definition) is 1. The van der Waals surface area contributed by atoms with Gasteiger partial charge in [0.15, 0.2) is 0 Å². The normalized spacial score (nSPS) is 27.8. The molecule has 3 amide bonds. The van der Waals surface area contributed by atoms with Crippen LogP contribution >= 0.6 is 0 Å². The number of fused-ring (bicyclic) bond motifs is 2. The fourth-order valence-electron chi connectivity index (χ4n) is 4.31. The molecule has 0 saturated carbocycles. The van der Waals surface area contributed by atoms with Crippen molar-refractivity contribution in [3.63, 3.8) is 0 Å². The topological polar surface area (TPSA) is 66.5 Å². The fourth-order valence-corrected chi connectivity index (χ4v) is 4.31. The molecule has 0 aromatic heterocycles. The van der Waals surface area contributed by atoms with E-state index in [2.05, 4.69) is 11.4 Å². The van der Waals surface area contributed by atoms with Crippen LogP contribution in [-0.4, -0.2) is 29.2 Å². The van der Waals surface area contributed by atoms with Crippen molar-refractivity contribution in [3.05, 3.63) is 47.5 Å². The first-order chi connectivity index (χ1) is 12.1. The van der Waals surface area contributed by atoms with E-state index >= 15 is 0 Å². The summed E-state index contributed by atoms with van der Waals surface area (Å²) in [6.07, 6.45) is 8.05. The van der Waals surface area contributed by atoms with E-state index in [0.29, 0.717) is 12.8 Å². The smallest absolute Gasteiger partial charge is 0.240 e. The molecular weight excluding hydrogens is 316 g/mol. The minimum Gasteiger partial charge on any atom is -0.348 e. The summed E-state index contributed by atoms with van der Waals surface area (Å²) in [6, 6.07) is 8.11. The fraction of sp³-hybridized carbons (Fsp3) is 0.450. The number of hydrogen-bond acceptors (Lipinski definition) is 3. The number of allylic oxidation sites excluding steroid dienone is 2. The Morgan fingerprint density at radius 2 is 1.76 bits per heavy atom. The predicted molar refractivity (Wildman–Crippen MR) is 92.3 cm³/mol. The number of nitrogens with zero attached hydrogens (tertiary/aromatic N) is 1. The van der Waals surface area contributed by atoms with E-state index in [0.717, 1.165) is 29.7 Å². The van der Waals surface area contributed by atoms with Crippen molar-refractivity contribution < 1.29 is 14.4 Å². The summed E-state index contributed by atoms with van der Waals surface area (Å²) in [5, 5.41) is 3.02. The number of aryl methyl sites for hydroxylation is 1. The van der Waals surface area contributed by atoms with Crippen molar-refractivity contribution in [2.45, 2.75) is 38.1 Å². The van der Waals surface area contributed by atoms with Crippen molar-refractivity contribution in [1.82, 2.24) is 10.2 Å². The van der Waals surface area contributed by atoms with Crippen LogP contribution in [0.1, 0.15) is 42.9 Å². The van der Waals surface area contributed by atoms with Crippen LogP contribution in [0.25, 0.3) is 0 Å². The number of amides is 3. The lowest BCUT2D eigenvalue weighted by molar-refractivity contribution is -0.143. The lowest BCUT2D eigenvalue weighted by atomic mass is 9.85. The highest BCUT2D eigenvalue weighted by atomic mass is 16.2. The molecule has 1 aromatic carbocycles. The molecule has 1 saturated heterocycles. The van der Waals surface area contributed by atoms with Crippen LogP contribution in [-0.2, 0) is 20.8 Å². The highest BCUT2D eigenvalue weighted by Gasteiger charge is 2.47. The number of imide groups is 1. The first-order valence-electron chi connectivity index (χ1n) is 9.02. The molecule has 0 bridgehead atoms. The van der Waals surface area contributed by atoms with Crippen LogP contribution in [0.4, 0.5) is 0 Å². The van der Waals surface area contributed by atoms with Crippen molar-refractivity contribution in [1.29, 1.82) is 0 Å². The number of rotatable bonds is 3. The van der Waals surface area contributed by atoms with Crippen LogP contribution in [0, 0.1) is 11.8 Å². The van der Waals surface area contributed by atoms with Crippen molar-refractivity contribution in [2.24, 2.45) is 11.8 Å². The van der Waals surface area contributed by atoms with E-state index in [9.17, 15) is 14.4 Å². The zero-order valence-electron chi connectivity index (χ0n) is 14.1. The zero-order chi connectivity index (χ0) is 17.4. The Bertz CT molecular complexity index is 729. The molecule has 3 atom stereocenters. The molecule has 4 rings (SSSR count). The van der Waals surface area contributed by atoms with Gasteiger partial charge in [-0.15, -0.1) is 0 Å². The van der Waals surface area contributed by atoms with Crippen molar-refractivity contribution >= 4 is 17.7 Å². The van der Waals surface area contributed by atoms with Gasteiger partial charge in [-0.2, -0.15) is 0 Å². The Kier molecular flexibility index (Phi) is 4.15. The van der Waals surface area contributed by atoms with Gasteiger partial charge in [-0.25, -0.2) is 0 Å². The minimum atomic E-state index is -0.277. The van der Waals surface area contributed by atoms with E-state index in [1.54, 1.807) is 0 Å². The first kappa shape index (κ1) is 16.1. The molecule has 1 fully saturated rings. The largest absolute Gasteiger partial charge is 0.348 e. The van der Waals surface area contributed by atoms with E-state index in [1.165, 1.54) is 5.56 Å². The second-order valence-electron chi connectivity index (χ2n) is 7.13. The van der Waals surface area contributed by atoms with Gasteiger partial charge in [-0.1, -0.05) is 36.4 Å². The molecule has 0 unspecified atom stereocenters. The van der Waals surface area contributed by atoms with E-state index in [1.807, 2.05) is 30.4 Å². The van der Waals surface area contributed by atoms with Crippen LogP contribution in [0.5, 0.6) is 0 Å². The lowest BCUT2D eigenvalue weighted by Gasteiger charge is -2.27. The molecule has 1 aromatic rings. The maximum absolute atomic E-state index is 12.5. The Hall–Kier alpha value is -2.43. The standard InChI is InChI=1S/C20H22N2O3/c23-18(21-17-11-5-7-13-6-1-2-8-14(13)17)12-22-19(24)15-9-3-4-10-16(15)20(22)25/h1-4,6,8,15-17H,5,7,9-12H2,(H,21,23)/t15-,16+,17-/m1/s1. The molecule has 5 nitrogen and oxygen atoms in total. The molecule has 130 valence electrons. The van der Waals surface area contributed by atoms with Crippen LogP contribution in [0.15, 0.2) is 36.4 Å². The van der Waals surface area contributed by atoms with E-state index in [-0.39, 0.29) is 42.1 Å². The van der Waals surface area contributed by atoms with Crippen LogP contribution < -0.4 is 5.32 Å². The predicted octanol–water partition coefficient (Wildman–Crippen LogP) is 2.13. The number of carbonyl (C=O) groups excluding carboxylic acids is 3. The summed E-state index contributed by atoms with van der Waals surface area (Å²) in [4.78, 5) is 38.6. The third-order valence-corrected chi connectivity index (χ3v) is 5.61. The Morgan fingerprint density at radius 3 is 2.48 bits per heavy atom. The molecule has 25 heavy (non-hydrogen) atoms. The van der Waals surface area contributed by atoms with Gasteiger partial charge in [0.05, 0.1) is 17.9 Å². The second kappa shape index (κ2) is 6.47. The summed E-state index contributed by atoms with van der Waals surface area (Å²) >= 11 is 0. The summed E-state index contributed by atoms with van der Waals surface area (Å²) < 4.78 is 0. The molecule has 0 spiro atoms. The average Bonchev–Trinajstić information content (AvgIpc) is 2.87. The Morgan fingerprint density at radius 1 is 1.08 bits per heavy atom. The summed E-state index contributed by atoms with van der Waals surface area (Å²) in [5.41, 5.74) is 2.42. The Balaban J connectivity index is 1.43.